The molecule has 0 radical (unpaired) electrons. The molecule has 0 spiro atoms. The summed E-state index contributed by atoms with van der Waals surface area (Å²) in [6, 6.07) is 15.1. The summed E-state index contributed by atoms with van der Waals surface area (Å²) < 4.78 is 121. The van der Waals surface area contributed by atoms with Gasteiger partial charge in [-0.2, -0.15) is 22.6 Å². The fourth-order valence-corrected chi connectivity index (χ4v) is 6.69. The lowest BCUT2D eigenvalue weighted by atomic mass is 10.1. The van der Waals surface area contributed by atoms with Crippen molar-refractivity contribution in [3.8, 4) is 28.5 Å². The van der Waals surface area contributed by atoms with Crippen LogP contribution in [0.25, 0.3) is 22.3 Å². The number of hydrogen-bond donors (Lipinski definition) is 1. The van der Waals surface area contributed by atoms with E-state index in [9.17, 15) is 34.8 Å². The van der Waals surface area contributed by atoms with Gasteiger partial charge >= 0.3 is 6.61 Å². The maximum absolute atomic E-state index is 14.7. The highest BCUT2D eigenvalue weighted by atomic mass is 32.2. The van der Waals surface area contributed by atoms with Crippen LogP contribution >= 0.6 is 0 Å². The SMILES string of the molecule is Nc1ncnc2c1c(-c1ccc(Oc3ccccc3)cc1)nn2[C@H]1CCN(S(=O)(=O)c2c(F)c(F)c(F)c(F)c2OC(F)F)C1. The number of benzene rings is 3. The minimum absolute atomic E-state index is 0.0298. The molecule has 0 bridgehead atoms. The number of rotatable bonds is 8. The minimum atomic E-state index is -5.24. The van der Waals surface area contributed by atoms with Gasteiger partial charge in [0.2, 0.25) is 21.7 Å². The van der Waals surface area contributed by atoms with Crippen molar-refractivity contribution in [1.29, 1.82) is 0 Å². The number of aromatic nitrogens is 4. The Morgan fingerprint density at radius 1 is 0.889 bits per heavy atom. The van der Waals surface area contributed by atoms with Crippen LogP contribution in [0, 0.1) is 23.3 Å². The third-order valence-electron chi connectivity index (χ3n) is 7.08. The molecule has 3 heterocycles. The van der Waals surface area contributed by atoms with E-state index in [-0.39, 0.29) is 24.4 Å². The van der Waals surface area contributed by atoms with E-state index in [4.69, 9.17) is 10.5 Å². The molecule has 234 valence electrons. The van der Waals surface area contributed by atoms with E-state index >= 15 is 0 Å². The topological polar surface area (TPSA) is 125 Å². The van der Waals surface area contributed by atoms with Crippen molar-refractivity contribution in [2.75, 3.05) is 18.8 Å². The van der Waals surface area contributed by atoms with Crippen LogP contribution in [-0.2, 0) is 10.0 Å². The Balaban J connectivity index is 1.34. The zero-order valence-electron chi connectivity index (χ0n) is 22.7. The fraction of sp³-hybridized carbons (Fsp3) is 0.179. The summed E-state index contributed by atoms with van der Waals surface area (Å²) in [6.07, 6.45) is 1.20. The lowest BCUT2D eigenvalue weighted by molar-refractivity contribution is -0.0551. The molecule has 1 saturated heterocycles. The number of ether oxygens (including phenoxy) is 2. The molecular weight excluding hydrogens is 630 g/mol. The Bertz CT molecular complexity index is 2010. The number of sulfonamides is 1. The van der Waals surface area contributed by atoms with Crippen LogP contribution < -0.4 is 15.2 Å². The molecule has 2 aromatic heterocycles. The smallest absolute Gasteiger partial charge is 0.387 e. The molecule has 45 heavy (non-hydrogen) atoms. The normalized spacial score (nSPS) is 15.7. The quantitative estimate of drug-likeness (QED) is 0.130. The van der Waals surface area contributed by atoms with Gasteiger partial charge in [-0.1, -0.05) is 18.2 Å². The third-order valence-corrected chi connectivity index (χ3v) is 8.98. The molecule has 1 atom stereocenters. The van der Waals surface area contributed by atoms with E-state index in [1.54, 1.807) is 36.4 Å². The van der Waals surface area contributed by atoms with Crippen molar-refractivity contribution >= 4 is 26.9 Å². The Hall–Kier alpha value is -4.90. The van der Waals surface area contributed by atoms with Crippen molar-refractivity contribution in [3.05, 3.63) is 84.2 Å². The lowest BCUT2D eigenvalue weighted by Crippen LogP contribution is -2.31. The zero-order chi connectivity index (χ0) is 32.0. The number of nitrogens with zero attached hydrogens (tertiary/aromatic N) is 5. The van der Waals surface area contributed by atoms with Gasteiger partial charge in [0.1, 0.15) is 29.3 Å². The van der Waals surface area contributed by atoms with Crippen LogP contribution in [0.3, 0.4) is 0 Å². The Labute approximate surface area is 250 Å². The number of halogens is 6. The summed E-state index contributed by atoms with van der Waals surface area (Å²) in [5, 5.41) is 4.97. The highest BCUT2D eigenvalue weighted by molar-refractivity contribution is 7.89. The second-order valence-corrected chi connectivity index (χ2v) is 11.7. The molecule has 0 amide bonds. The predicted molar refractivity (Wildman–Crippen MR) is 147 cm³/mol. The summed E-state index contributed by atoms with van der Waals surface area (Å²) in [4.78, 5) is 6.40. The van der Waals surface area contributed by atoms with Gasteiger partial charge < -0.3 is 15.2 Å². The van der Waals surface area contributed by atoms with Gasteiger partial charge in [-0.15, -0.1) is 0 Å². The standard InChI is InChI=1S/C28H20F6N6O4S/c29-19-20(30)22(32)25(24(21(19)31)44-28(33)34)45(41,42)39-11-10-15(12-39)40-27-18(26(35)36-13-37-27)23(38-40)14-6-8-17(9-7-14)43-16-4-2-1-3-5-16/h1-9,13,15,28H,10-12H2,(H2,35,36,37)/t15-/m0/s1. The van der Waals surface area contributed by atoms with E-state index in [0.29, 0.717) is 32.4 Å². The van der Waals surface area contributed by atoms with Crippen molar-refractivity contribution in [1.82, 2.24) is 24.1 Å². The first-order valence-corrected chi connectivity index (χ1v) is 14.5. The number of anilines is 1. The Morgan fingerprint density at radius 2 is 1.56 bits per heavy atom. The molecule has 6 rings (SSSR count). The second kappa shape index (κ2) is 11.6. The number of fused-ring (bicyclic) bond motifs is 1. The van der Waals surface area contributed by atoms with Crippen molar-refractivity contribution in [3.63, 3.8) is 0 Å². The van der Waals surface area contributed by atoms with Crippen molar-refractivity contribution < 1.29 is 44.2 Å². The van der Waals surface area contributed by atoms with E-state index in [1.165, 1.54) is 11.0 Å². The first kappa shape index (κ1) is 30.1. The lowest BCUT2D eigenvalue weighted by Gasteiger charge is -2.20. The van der Waals surface area contributed by atoms with Gasteiger partial charge in [-0.25, -0.2) is 36.2 Å². The maximum atomic E-state index is 14.7. The van der Waals surface area contributed by atoms with E-state index in [2.05, 4.69) is 19.8 Å². The number of nitrogen functional groups attached to an aromatic ring is 1. The maximum Gasteiger partial charge on any atom is 0.387 e. The highest BCUT2D eigenvalue weighted by Crippen LogP contribution is 2.40. The average molecular weight is 651 g/mol. The summed E-state index contributed by atoms with van der Waals surface area (Å²) in [6.45, 7) is -4.69. The molecule has 1 fully saturated rings. The molecule has 2 N–H and O–H groups in total. The molecule has 5 aromatic rings. The fourth-order valence-electron chi connectivity index (χ4n) is 5.03. The molecule has 1 aliphatic heterocycles. The molecule has 0 aliphatic carbocycles. The summed E-state index contributed by atoms with van der Waals surface area (Å²) in [5.41, 5.74) is 7.32. The van der Waals surface area contributed by atoms with Gasteiger partial charge in [0.15, 0.2) is 27.9 Å². The molecule has 1 aliphatic rings. The van der Waals surface area contributed by atoms with E-state index in [0.717, 1.165) is 0 Å². The molecule has 0 unspecified atom stereocenters. The Kier molecular flexibility index (Phi) is 7.74. The molecule has 0 saturated carbocycles. The number of hydrogen-bond acceptors (Lipinski definition) is 8. The number of alkyl halides is 2. The Morgan fingerprint density at radius 3 is 2.24 bits per heavy atom. The number of nitrogens with two attached hydrogens (primary N) is 1. The molecule has 3 aromatic carbocycles. The van der Waals surface area contributed by atoms with E-state index < -0.39 is 63.1 Å². The molecule has 17 heteroatoms. The second-order valence-electron chi connectivity index (χ2n) is 9.79. The van der Waals surface area contributed by atoms with Crippen LogP contribution in [0.1, 0.15) is 12.5 Å². The summed E-state index contributed by atoms with van der Waals surface area (Å²) in [5.74, 6) is -10.6. The first-order valence-electron chi connectivity index (χ1n) is 13.1. The van der Waals surface area contributed by atoms with Gasteiger partial charge in [0.05, 0.1) is 11.4 Å². The summed E-state index contributed by atoms with van der Waals surface area (Å²) >= 11 is 0. The van der Waals surface area contributed by atoms with Crippen LogP contribution in [0.15, 0.2) is 65.8 Å². The zero-order valence-corrected chi connectivity index (χ0v) is 23.5. The average Bonchev–Trinajstić information content (AvgIpc) is 3.66. The van der Waals surface area contributed by atoms with Gasteiger partial charge in [-0.3, -0.25) is 0 Å². The molecular formula is C28H20F6N6O4S. The van der Waals surface area contributed by atoms with Crippen LogP contribution in [0.5, 0.6) is 17.2 Å². The van der Waals surface area contributed by atoms with Crippen LogP contribution in [0.2, 0.25) is 0 Å². The van der Waals surface area contributed by atoms with Crippen molar-refractivity contribution in [2.45, 2.75) is 24.0 Å². The summed E-state index contributed by atoms with van der Waals surface area (Å²) in [7, 11) is -5.24. The monoisotopic (exact) mass is 650 g/mol. The van der Waals surface area contributed by atoms with Crippen LogP contribution in [0.4, 0.5) is 32.2 Å². The van der Waals surface area contributed by atoms with Gasteiger partial charge in [0.25, 0.3) is 0 Å². The van der Waals surface area contributed by atoms with Crippen LogP contribution in [-0.4, -0.2) is 52.2 Å². The largest absolute Gasteiger partial charge is 0.457 e. The minimum Gasteiger partial charge on any atom is -0.457 e. The van der Waals surface area contributed by atoms with E-state index in [1.807, 2.05) is 18.2 Å². The predicted octanol–water partition coefficient (Wildman–Crippen LogP) is 5.66. The third kappa shape index (κ3) is 5.37. The first-order chi connectivity index (χ1) is 21.5. The van der Waals surface area contributed by atoms with Gasteiger partial charge in [-0.05, 0) is 42.8 Å². The highest BCUT2D eigenvalue weighted by Gasteiger charge is 2.42. The van der Waals surface area contributed by atoms with Crippen molar-refractivity contribution in [2.24, 2.45) is 0 Å². The number of para-hydroxylation sites is 1. The van der Waals surface area contributed by atoms with Gasteiger partial charge in [0, 0.05) is 18.7 Å². The molecule has 10 nitrogen and oxygen atoms in total.